The molecule has 6 heteroatoms. The van der Waals surface area contributed by atoms with Gasteiger partial charge in [0.2, 0.25) is 0 Å². The molecule has 0 saturated carbocycles. The van der Waals surface area contributed by atoms with E-state index in [4.69, 9.17) is 14.2 Å². The molecule has 426 valence electrons. The number of unbranched alkanes of at least 4 members (excludes halogenated alkanes) is 24. The minimum absolute atomic E-state index is 0.104. The smallest absolute Gasteiger partial charge is 0.306 e. The predicted octanol–water partition coefficient (Wildman–Crippen LogP) is 21.2. The quantitative estimate of drug-likeness (QED) is 0.0261. The normalized spacial score (nSPS) is 12.9. The minimum atomic E-state index is -0.807. The van der Waals surface area contributed by atoms with E-state index in [0.29, 0.717) is 19.3 Å². The summed E-state index contributed by atoms with van der Waals surface area (Å²) in [5.74, 6) is -0.955. The molecule has 0 aromatic carbocycles. The van der Waals surface area contributed by atoms with Crippen LogP contribution in [0.3, 0.4) is 0 Å². The Labute approximate surface area is 462 Å². The van der Waals surface area contributed by atoms with E-state index in [1.807, 2.05) is 0 Å². The van der Waals surface area contributed by atoms with E-state index in [1.54, 1.807) is 0 Å². The lowest BCUT2D eigenvalue weighted by Gasteiger charge is -2.18. The Balaban J connectivity index is 4.48. The number of allylic oxidation sites excluding steroid dienone is 20. The van der Waals surface area contributed by atoms with Gasteiger partial charge in [-0.2, -0.15) is 0 Å². The molecule has 0 saturated heterocycles. The van der Waals surface area contributed by atoms with E-state index in [0.717, 1.165) is 135 Å². The molecular formula is C69H114O6. The van der Waals surface area contributed by atoms with Crippen molar-refractivity contribution >= 4 is 17.9 Å². The molecular weight excluding hydrogens is 925 g/mol. The van der Waals surface area contributed by atoms with Gasteiger partial charge >= 0.3 is 17.9 Å². The molecule has 6 nitrogen and oxygen atoms in total. The summed E-state index contributed by atoms with van der Waals surface area (Å²) in [5, 5.41) is 0. The standard InChI is InChI=1S/C69H114O6/c1-4-7-10-13-16-19-22-25-28-31-33-34-36-39-42-45-48-51-54-57-60-63-69(72)75-66(64-73-67(70)61-58-55-52-49-46-43-40-37-30-27-24-21-18-15-12-9-6-3)65-74-68(71)62-59-56-53-50-47-44-41-38-35-32-29-26-23-20-17-14-11-8-5-2/h8-9,11-12,17-18,20-21,25-30,35,38,40,43-44,47,66H,4-7,10,13-16,19,22-24,31-34,36-37,39,41-42,45-46,48-65H2,1-3H3/b11-8-,12-9-,20-17-,21-18-,28-25-,29-26-,30-27-,38-35-,43-40-,47-44-/t66-/m0/s1. The van der Waals surface area contributed by atoms with Gasteiger partial charge in [-0.15, -0.1) is 0 Å². The van der Waals surface area contributed by atoms with E-state index >= 15 is 0 Å². The third-order valence-electron chi connectivity index (χ3n) is 12.9. The highest BCUT2D eigenvalue weighted by molar-refractivity contribution is 5.71. The number of carbonyl (C=O) groups excluding carboxylic acids is 3. The molecule has 0 aromatic rings. The fourth-order valence-electron chi connectivity index (χ4n) is 8.34. The van der Waals surface area contributed by atoms with Crippen molar-refractivity contribution in [2.24, 2.45) is 0 Å². The van der Waals surface area contributed by atoms with Crippen LogP contribution in [0.5, 0.6) is 0 Å². The highest BCUT2D eigenvalue weighted by Crippen LogP contribution is 2.15. The van der Waals surface area contributed by atoms with Crippen molar-refractivity contribution in [2.45, 2.75) is 284 Å². The van der Waals surface area contributed by atoms with Gasteiger partial charge in [0.1, 0.15) is 13.2 Å². The van der Waals surface area contributed by atoms with Crippen LogP contribution in [0.1, 0.15) is 278 Å². The Morgan fingerprint density at radius 3 is 0.840 bits per heavy atom. The Morgan fingerprint density at radius 1 is 0.280 bits per heavy atom. The van der Waals surface area contributed by atoms with Gasteiger partial charge in [-0.1, -0.05) is 251 Å². The van der Waals surface area contributed by atoms with Gasteiger partial charge < -0.3 is 14.2 Å². The first-order valence-electron chi connectivity index (χ1n) is 31.0. The highest BCUT2D eigenvalue weighted by Gasteiger charge is 2.19. The van der Waals surface area contributed by atoms with Crippen molar-refractivity contribution in [1.82, 2.24) is 0 Å². The van der Waals surface area contributed by atoms with Crippen molar-refractivity contribution in [3.8, 4) is 0 Å². The van der Waals surface area contributed by atoms with Crippen molar-refractivity contribution < 1.29 is 28.6 Å². The van der Waals surface area contributed by atoms with Crippen LogP contribution < -0.4 is 0 Å². The van der Waals surface area contributed by atoms with Gasteiger partial charge in [0.25, 0.3) is 0 Å². The molecule has 0 N–H and O–H groups in total. The van der Waals surface area contributed by atoms with Crippen LogP contribution in [-0.4, -0.2) is 37.2 Å². The number of ether oxygens (including phenoxy) is 3. The number of esters is 3. The van der Waals surface area contributed by atoms with Crippen LogP contribution >= 0.6 is 0 Å². The topological polar surface area (TPSA) is 78.9 Å². The molecule has 0 spiro atoms. The lowest BCUT2D eigenvalue weighted by atomic mass is 10.0. The lowest BCUT2D eigenvalue weighted by Crippen LogP contribution is -2.30. The molecule has 0 bridgehead atoms. The summed E-state index contributed by atoms with van der Waals surface area (Å²) in [6.45, 7) is 6.37. The zero-order chi connectivity index (χ0) is 54.3. The maximum Gasteiger partial charge on any atom is 0.306 e. The summed E-state index contributed by atoms with van der Waals surface area (Å²) >= 11 is 0. The van der Waals surface area contributed by atoms with Gasteiger partial charge in [-0.25, -0.2) is 0 Å². The molecule has 1 atom stereocenters. The van der Waals surface area contributed by atoms with Crippen LogP contribution in [0.2, 0.25) is 0 Å². The first kappa shape index (κ1) is 70.8. The SMILES string of the molecule is CC/C=C\C/C=C\C/C=C\C/C=C\C/C=C\CCCCCC(=O)OC[C@H](COC(=O)CCCCCC/C=C\C/C=C\C/C=C\C/C=C\CC)OC(=O)CCCCCCCCCCCCC/C=C\CCCCCCCC. The number of carbonyl (C=O) groups is 3. The van der Waals surface area contributed by atoms with E-state index < -0.39 is 6.10 Å². The fraction of sp³-hybridized carbons (Fsp3) is 0.667. The summed E-state index contributed by atoms with van der Waals surface area (Å²) in [6.07, 6.45) is 86.2. The van der Waals surface area contributed by atoms with Gasteiger partial charge in [0.15, 0.2) is 6.10 Å². The second-order valence-electron chi connectivity index (χ2n) is 20.2. The van der Waals surface area contributed by atoms with Crippen LogP contribution in [0.15, 0.2) is 122 Å². The molecule has 0 fully saturated rings. The first-order valence-corrected chi connectivity index (χ1v) is 31.0. The Bertz CT molecular complexity index is 1570. The minimum Gasteiger partial charge on any atom is -0.462 e. The summed E-state index contributed by atoms with van der Waals surface area (Å²) < 4.78 is 16.9. The summed E-state index contributed by atoms with van der Waals surface area (Å²) in [4.78, 5) is 38.3. The molecule has 0 aromatic heterocycles. The average molecular weight is 1040 g/mol. The van der Waals surface area contributed by atoms with Crippen LogP contribution in [0.4, 0.5) is 0 Å². The summed E-state index contributed by atoms with van der Waals surface area (Å²) in [5.41, 5.74) is 0. The third-order valence-corrected chi connectivity index (χ3v) is 12.9. The van der Waals surface area contributed by atoms with Crippen molar-refractivity contribution in [3.05, 3.63) is 122 Å². The van der Waals surface area contributed by atoms with Crippen molar-refractivity contribution in [3.63, 3.8) is 0 Å². The second-order valence-corrected chi connectivity index (χ2v) is 20.2. The summed E-state index contributed by atoms with van der Waals surface area (Å²) in [6, 6.07) is 0. The number of rotatable bonds is 55. The molecule has 0 unspecified atom stereocenters. The maximum atomic E-state index is 12.9. The van der Waals surface area contributed by atoms with Crippen molar-refractivity contribution in [2.75, 3.05) is 13.2 Å². The first-order chi connectivity index (χ1) is 37.0. The van der Waals surface area contributed by atoms with E-state index in [-0.39, 0.29) is 31.1 Å². The molecule has 0 aliphatic heterocycles. The molecule has 0 radical (unpaired) electrons. The monoisotopic (exact) mass is 1040 g/mol. The Hall–Kier alpha value is -4.19. The number of hydrogen-bond donors (Lipinski definition) is 0. The van der Waals surface area contributed by atoms with Crippen LogP contribution in [-0.2, 0) is 28.6 Å². The third kappa shape index (κ3) is 60.6. The van der Waals surface area contributed by atoms with Crippen LogP contribution in [0.25, 0.3) is 0 Å². The maximum absolute atomic E-state index is 12.9. The molecule has 75 heavy (non-hydrogen) atoms. The molecule has 0 aliphatic carbocycles. The van der Waals surface area contributed by atoms with Gasteiger partial charge in [0.05, 0.1) is 0 Å². The van der Waals surface area contributed by atoms with Crippen molar-refractivity contribution in [1.29, 1.82) is 0 Å². The number of hydrogen-bond acceptors (Lipinski definition) is 6. The second kappa shape index (κ2) is 62.4. The van der Waals surface area contributed by atoms with Gasteiger partial charge in [-0.3, -0.25) is 14.4 Å². The van der Waals surface area contributed by atoms with E-state index in [2.05, 4.69) is 142 Å². The largest absolute Gasteiger partial charge is 0.462 e. The van der Waals surface area contributed by atoms with Gasteiger partial charge in [-0.05, 0) is 128 Å². The molecule has 0 amide bonds. The van der Waals surface area contributed by atoms with E-state index in [1.165, 1.54) is 103 Å². The summed E-state index contributed by atoms with van der Waals surface area (Å²) in [7, 11) is 0. The van der Waals surface area contributed by atoms with E-state index in [9.17, 15) is 14.4 Å². The Kier molecular flexibility index (Phi) is 58.9. The zero-order valence-corrected chi connectivity index (χ0v) is 48.8. The lowest BCUT2D eigenvalue weighted by molar-refractivity contribution is -0.167. The molecule has 0 aliphatic rings. The highest BCUT2D eigenvalue weighted by atomic mass is 16.6. The molecule has 0 rings (SSSR count). The predicted molar refractivity (Wildman–Crippen MR) is 325 cm³/mol. The average Bonchev–Trinajstić information content (AvgIpc) is 3.41. The fourth-order valence-corrected chi connectivity index (χ4v) is 8.34. The van der Waals surface area contributed by atoms with Gasteiger partial charge in [0, 0.05) is 19.3 Å². The Morgan fingerprint density at radius 2 is 0.520 bits per heavy atom. The zero-order valence-electron chi connectivity index (χ0n) is 48.8. The molecule has 0 heterocycles. The van der Waals surface area contributed by atoms with Crippen LogP contribution in [0, 0.1) is 0 Å².